The number of rotatable bonds is 26. The first kappa shape index (κ1) is 54.9. The van der Waals surface area contributed by atoms with Gasteiger partial charge < -0.3 is 67.1 Å². The number of amides is 7. The second-order valence-corrected chi connectivity index (χ2v) is 19.1. The Kier molecular flexibility index (Phi) is 18.7. The molecule has 0 saturated carbocycles. The van der Waals surface area contributed by atoms with Crippen molar-refractivity contribution < 1.29 is 53.7 Å². The lowest BCUT2D eigenvalue weighted by molar-refractivity contribution is -0.142. The van der Waals surface area contributed by atoms with Crippen molar-refractivity contribution in [2.24, 2.45) is 5.92 Å². The molecule has 1 aliphatic heterocycles. The van der Waals surface area contributed by atoms with Crippen molar-refractivity contribution in [3.8, 4) is 5.75 Å². The first-order valence-electron chi connectivity index (χ1n) is 24.8. The van der Waals surface area contributed by atoms with Gasteiger partial charge in [0, 0.05) is 73.8 Å². The van der Waals surface area contributed by atoms with Gasteiger partial charge in [-0.2, -0.15) is 0 Å². The summed E-state index contributed by atoms with van der Waals surface area (Å²) in [7, 11) is 0. The van der Waals surface area contributed by atoms with Gasteiger partial charge in [0.1, 0.15) is 48.0 Å². The highest BCUT2D eigenvalue weighted by molar-refractivity contribution is 5.98. The number of fused-ring (bicyclic) bond motifs is 1. The summed E-state index contributed by atoms with van der Waals surface area (Å²) in [6.07, 6.45) is 7.49. The summed E-state index contributed by atoms with van der Waals surface area (Å²) in [5, 5.41) is 49.8. The molecule has 7 amide bonds. The second kappa shape index (κ2) is 25.9. The number of para-hydroxylation sites is 1. The van der Waals surface area contributed by atoms with Crippen LogP contribution >= 0.6 is 0 Å². The standard InChI is InChI=1S/C53H62N12O11/c1-30(2)18-44(53(75)76)63-51(73)43(22-35-26-65(29-57-35)25-32-8-4-3-5-9-32)62-48(70)40(19-31-12-14-36(67)15-13-31)59-52(74)45(27-66)64-49(71)41(20-33-23-55-38-11-7-6-10-37(33)38)60-50(72)42(21-34-24-54-28-56-34)61-47(69)39-16-17-46(68)58-39/h3-15,23-24,26,28-30,39-45,55,66-67H,16-22,25,27H2,1-2H3,(H,54,56)(H,58,68)(H,59,74)(H,60,72)(H,61,69)(H,62,70)(H,63,73)(H,64,71)(H,75,76). The van der Waals surface area contributed by atoms with E-state index in [1.54, 1.807) is 49.3 Å². The molecule has 1 aliphatic rings. The number of nitrogens with zero attached hydrogens (tertiary/aromatic N) is 3. The number of carbonyl (C=O) groups excluding carboxylic acids is 7. The van der Waals surface area contributed by atoms with Crippen LogP contribution in [0.5, 0.6) is 5.75 Å². The second-order valence-electron chi connectivity index (χ2n) is 19.1. The molecule has 0 bridgehead atoms. The number of hydrogen-bond donors (Lipinski definition) is 12. The molecule has 23 nitrogen and oxygen atoms in total. The third-order valence-corrected chi connectivity index (χ3v) is 12.7. The van der Waals surface area contributed by atoms with Crippen LogP contribution in [0.25, 0.3) is 10.9 Å². The first-order valence-corrected chi connectivity index (χ1v) is 24.8. The number of phenols is 1. The van der Waals surface area contributed by atoms with Crippen LogP contribution in [0.1, 0.15) is 61.2 Å². The molecule has 4 heterocycles. The van der Waals surface area contributed by atoms with Gasteiger partial charge in [0.05, 0.1) is 25.0 Å². The monoisotopic (exact) mass is 1040 g/mol. The Morgan fingerprint density at radius 1 is 0.697 bits per heavy atom. The number of aromatic amines is 2. The van der Waals surface area contributed by atoms with Gasteiger partial charge in [0.15, 0.2) is 0 Å². The Morgan fingerprint density at radius 2 is 1.30 bits per heavy atom. The highest BCUT2D eigenvalue weighted by Gasteiger charge is 2.36. The van der Waals surface area contributed by atoms with Gasteiger partial charge in [-0.1, -0.05) is 74.5 Å². The number of aliphatic hydroxyl groups is 1. The highest BCUT2D eigenvalue weighted by atomic mass is 16.4. The fourth-order valence-corrected chi connectivity index (χ4v) is 8.77. The molecule has 3 aromatic heterocycles. The quantitative estimate of drug-likeness (QED) is 0.0351. The van der Waals surface area contributed by atoms with Crippen molar-refractivity contribution in [3.63, 3.8) is 0 Å². The zero-order valence-electron chi connectivity index (χ0n) is 41.8. The number of aromatic nitrogens is 5. The molecule has 400 valence electrons. The average molecular weight is 1040 g/mol. The molecule has 6 aromatic rings. The molecule has 0 radical (unpaired) electrons. The molecular weight excluding hydrogens is 981 g/mol. The summed E-state index contributed by atoms with van der Waals surface area (Å²) in [6.45, 7) is 3.04. The Bertz CT molecular complexity index is 2980. The minimum atomic E-state index is -1.74. The summed E-state index contributed by atoms with van der Waals surface area (Å²) in [5.41, 5.74) is 3.58. The maximum absolute atomic E-state index is 14.5. The van der Waals surface area contributed by atoms with Crippen LogP contribution < -0.4 is 37.2 Å². The lowest BCUT2D eigenvalue weighted by Crippen LogP contribution is -2.61. The van der Waals surface area contributed by atoms with Crippen LogP contribution in [0.4, 0.5) is 0 Å². The van der Waals surface area contributed by atoms with Crippen LogP contribution in [-0.2, 0) is 70.6 Å². The fourth-order valence-electron chi connectivity index (χ4n) is 8.77. The molecule has 76 heavy (non-hydrogen) atoms. The number of benzene rings is 3. The predicted octanol–water partition coefficient (Wildman–Crippen LogP) is 0.422. The van der Waals surface area contributed by atoms with Gasteiger partial charge in [0.25, 0.3) is 0 Å². The van der Waals surface area contributed by atoms with Gasteiger partial charge in [-0.25, -0.2) is 14.8 Å². The van der Waals surface area contributed by atoms with E-state index in [2.05, 4.69) is 57.2 Å². The number of aromatic hydroxyl groups is 1. The SMILES string of the molecule is CC(C)CC(NC(=O)C(Cc1cn(Cc2ccccc2)cn1)NC(=O)C(Cc1ccc(O)cc1)NC(=O)C(CO)NC(=O)C(Cc1c[nH]c2ccccc12)NC(=O)C(Cc1cnc[nH]1)NC(=O)C1CCC(=O)N1)C(=O)O. The number of aliphatic hydroxyl groups excluding tert-OH is 1. The molecule has 3 aromatic carbocycles. The van der Waals surface area contributed by atoms with E-state index in [-0.39, 0.29) is 62.5 Å². The summed E-state index contributed by atoms with van der Waals surface area (Å²) in [6, 6.07) is 12.9. The predicted molar refractivity (Wildman–Crippen MR) is 275 cm³/mol. The normalized spacial score (nSPS) is 15.6. The number of phenolic OH excluding ortho intramolecular Hbond substituents is 1. The van der Waals surface area contributed by atoms with Crippen molar-refractivity contribution >= 4 is 58.2 Å². The Hall–Kier alpha value is -8.86. The summed E-state index contributed by atoms with van der Waals surface area (Å²) < 4.78 is 1.78. The minimum absolute atomic E-state index is 0.0806. The van der Waals surface area contributed by atoms with Gasteiger partial charge in [-0.15, -0.1) is 0 Å². The maximum atomic E-state index is 14.5. The molecule has 12 N–H and O–H groups in total. The van der Waals surface area contributed by atoms with Crippen LogP contribution in [-0.4, -0.2) is 136 Å². The highest BCUT2D eigenvalue weighted by Crippen LogP contribution is 2.20. The van der Waals surface area contributed by atoms with Crippen molar-refractivity contribution in [2.75, 3.05) is 6.61 Å². The topological polar surface area (TPSA) is 344 Å². The van der Waals surface area contributed by atoms with Crippen LogP contribution in [0.3, 0.4) is 0 Å². The van der Waals surface area contributed by atoms with E-state index in [0.717, 1.165) is 16.5 Å². The number of carbonyl (C=O) groups is 8. The van der Waals surface area contributed by atoms with E-state index >= 15 is 0 Å². The molecule has 7 unspecified atom stereocenters. The van der Waals surface area contributed by atoms with Gasteiger partial charge in [-0.3, -0.25) is 33.6 Å². The summed E-state index contributed by atoms with van der Waals surface area (Å²) in [5.74, 6) is -6.96. The first-order chi connectivity index (χ1) is 36.5. The van der Waals surface area contributed by atoms with Crippen molar-refractivity contribution in [1.82, 2.24) is 61.7 Å². The number of nitrogens with one attached hydrogen (secondary N) is 9. The zero-order chi connectivity index (χ0) is 54.3. The summed E-state index contributed by atoms with van der Waals surface area (Å²) >= 11 is 0. The van der Waals surface area contributed by atoms with Crippen molar-refractivity contribution in [3.05, 3.63) is 138 Å². The molecule has 7 atom stereocenters. The number of carboxylic acid groups (broad SMARTS) is 1. The number of aliphatic carboxylic acids is 1. The average Bonchev–Trinajstić information content (AvgIpc) is 4.25. The third kappa shape index (κ3) is 15.3. The van der Waals surface area contributed by atoms with Gasteiger partial charge in [-0.05, 0) is 53.6 Å². The number of imidazole rings is 2. The molecular formula is C53H62N12O11. The van der Waals surface area contributed by atoms with E-state index in [1.807, 2.05) is 42.5 Å². The Labute approximate surface area is 436 Å². The van der Waals surface area contributed by atoms with Crippen molar-refractivity contribution in [1.29, 1.82) is 0 Å². The molecule has 0 aliphatic carbocycles. The van der Waals surface area contributed by atoms with Crippen molar-refractivity contribution in [2.45, 2.75) is 108 Å². The Morgan fingerprint density at radius 3 is 1.92 bits per heavy atom. The Balaban J connectivity index is 1.13. The smallest absolute Gasteiger partial charge is 0.326 e. The van der Waals surface area contributed by atoms with E-state index < -0.39 is 90.3 Å². The lowest BCUT2D eigenvalue weighted by Gasteiger charge is -2.27. The third-order valence-electron chi connectivity index (χ3n) is 12.7. The van der Waals surface area contributed by atoms with E-state index in [4.69, 9.17) is 0 Å². The minimum Gasteiger partial charge on any atom is -0.508 e. The number of hydrogen-bond acceptors (Lipinski definition) is 12. The lowest BCUT2D eigenvalue weighted by atomic mass is 10.0. The molecule has 0 spiro atoms. The van der Waals surface area contributed by atoms with Gasteiger partial charge in [0.2, 0.25) is 41.4 Å². The number of H-pyrrole nitrogens is 2. The largest absolute Gasteiger partial charge is 0.508 e. The molecule has 1 fully saturated rings. The van der Waals surface area contributed by atoms with Crippen LogP contribution in [0.15, 0.2) is 110 Å². The maximum Gasteiger partial charge on any atom is 0.326 e. The molecule has 1 saturated heterocycles. The fraction of sp³-hybridized carbons (Fsp3) is 0.358. The zero-order valence-corrected chi connectivity index (χ0v) is 41.8. The van der Waals surface area contributed by atoms with Crippen LogP contribution in [0.2, 0.25) is 0 Å². The van der Waals surface area contributed by atoms with E-state index in [9.17, 15) is 53.7 Å². The van der Waals surface area contributed by atoms with E-state index in [0.29, 0.717) is 29.1 Å². The van der Waals surface area contributed by atoms with E-state index in [1.165, 1.54) is 36.8 Å². The van der Waals surface area contributed by atoms with Crippen LogP contribution in [0, 0.1) is 5.92 Å². The van der Waals surface area contributed by atoms with Gasteiger partial charge >= 0.3 is 5.97 Å². The number of carboxylic acids is 1. The molecule has 23 heteroatoms. The summed E-state index contributed by atoms with van der Waals surface area (Å²) in [4.78, 5) is 124. The molecule has 7 rings (SSSR count).